The molecule has 0 saturated carbocycles. The predicted molar refractivity (Wildman–Crippen MR) is 42.5 cm³/mol. The molecule has 0 unspecified atom stereocenters. The molecule has 1 saturated heterocycles. The second kappa shape index (κ2) is 2.79. The molecule has 11 heavy (non-hydrogen) atoms. The Labute approximate surface area is 66.5 Å². The summed E-state index contributed by atoms with van der Waals surface area (Å²) in [6, 6.07) is 0. The number of hydrogen-bond acceptors (Lipinski definition) is 2. The molecule has 1 heterocycles. The molecule has 0 radical (unpaired) electrons. The molecule has 1 aliphatic rings. The van der Waals surface area contributed by atoms with Gasteiger partial charge in [0.25, 0.3) is 5.96 Å². The van der Waals surface area contributed by atoms with Crippen molar-refractivity contribution in [3.05, 3.63) is 0 Å². The van der Waals surface area contributed by atoms with Crippen molar-refractivity contribution in [1.82, 2.24) is 0 Å². The van der Waals surface area contributed by atoms with E-state index < -0.39 is 5.60 Å². The molecule has 0 spiro atoms. The van der Waals surface area contributed by atoms with Crippen LogP contribution in [0.2, 0.25) is 0 Å². The fourth-order valence-corrected chi connectivity index (χ4v) is 1.36. The van der Waals surface area contributed by atoms with Gasteiger partial charge in [-0.15, -0.1) is 0 Å². The molecular weight excluding hydrogens is 142 g/mol. The van der Waals surface area contributed by atoms with E-state index in [-0.39, 0.29) is 5.96 Å². The standard InChI is InChI=1S/C7H15N3O/c1-7(11)2-4-10(5-3-7)6(8)9/h11H,2-5H2,1H3,(H3,8,9)/p+1. The van der Waals surface area contributed by atoms with Gasteiger partial charge in [-0.25, -0.2) is 5.41 Å². The molecule has 5 N–H and O–H groups in total. The third kappa shape index (κ3) is 2.17. The second-order valence-electron chi connectivity index (χ2n) is 3.51. The van der Waals surface area contributed by atoms with Gasteiger partial charge in [-0.3, -0.25) is 4.90 Å². The maximum Gasteiger partial charge on any atom is 0.290 e. The van der Waals surface area contributed by atoms with Gasteiger partial charge in [-0.1, -0.05) is 0 Å². The Morgan fingerprint density at radius 2 is 2.00 bits per heavy atom. The summed E-state index contributed by atoms with van der Waals surface area (Å²) in [6.45, 7) is 3.40. The average Bonchev–Trinajstić information content (AvgIpc) is 1.86. The van der Waals surface area contributed by atoms with E-state index in [1.54, 1.807) is 0 Å². The van der Waals surface area contributed by atoms with Crippen LogP contribution in [0.25, 0.3) is 0 Å². The van der Waals surface area contributed by atoms with Crippen molar-refractivity contribution in [1.29, 1.82) is 5.41 Å². The first-order valence-electron chi connectivity index (χ1n) is 3.93. The van der Waals surface area contributed by atoms with Gasteiger partial charge in [-0.05, 0) is 6.92 Å². The number of piperidine rings is 1. The summed E-state index contributed by atoms with van der Waals surface area (Å²) in [5.41, 5.74) is 4.79. The summed E-state index contributed by atoms with van der Waals surface area (Å²) in [5, 5.41) is 16.7. The molecule has 4 heteroatoms. The number of guanidine groups is 1. The lowest BCUT2D eigenvalue weighted by Crippen LogP contribution is -3.17. The Hall–Kier alpha value is -0.610. The highest BCUT2D eigenvalue weighted by Crippen LogP contribution is 2.13. The topological polar surface area (TPSA) is 74.5 Å². The van der Waals surface area contributed by atoms with Crippen LogP contribution in [0.15, 0.2) is 0 Å². The van der Waals surface area contributed by atoms with E-state index in [0.717, 1.165) is 30.8 Å². The molecule has 1 fully saturated rings. The molecule has 0 aromatic rings. The minimum atomic E-state index is -0.529. The van der Waals surface area contributed by atoms with Crippen LogP contribution in [0.5, 0.6) is 0 Å². The van der Waals surface area contributed by atoms with Crippen LogP contribution < -0.4 is 10.6 Å². The van der Waals surface area contributed by atoms with Crippen molar-refractivity contribution in [2.45, 2.75) is 25.4 Å². The van der Waals surface area contributed by atoms with E-state index in [1.807, 2.05) is 6.92 Å². The van der Waals surface area contributed by atoms with E-state index in [9.17, 15) is 5.11 Å². The molecule has 0 amide bonds. The zero-order valence-corrected chi connectivity index (χ0v) is 6.85. The van der Waals surface area contributed by atoms with Crippen molar-refractivity contribution < 1.29 is 10.0 Å². The molecular formula is C7H16N3O+. The number of aliphatic hydroxyl groups is 1. The summed E-state index contributed by atoms with van der Waals surface area (Å²) >= 11 is 0. The lowest BCUT2D eigenvalue weighted by molar-refractivity contribution is -0.817. The van der Waals surface area contributed by atoms with Crippen LogP contribution in [-0.2, 0) is 0 Å². The smallest absolute Gasteiger partial charge is 0.290 e. The van der Waals surface area contributed by atoms with Crippen LogP contribution in [0, 0.1) is 5.41 Å². The van der Waals surface area contributed by atoms with Crippen molar-refractivity contribution in [3.63, 3.8) is 0 Å². The molecule has 4 nitrogen and oxygen atoms in total. The summed E-state index contributed by atoms with van der Waals surface area (Å²) in [4.78, 5) is 0.997. The number of nitrogens with two attached hydrogens (primary N) is 1. The van der Waals surface area contributed by atoms with Crippen LogP contribution in [0.1, 0.15) is 19.8 Å². The van der Waals surface area contributed by atoms with E-state index in [1.165, 1.54) is 0 Å². The zero-order valence-electron chi connectivity index (χ0n) is 6.85. The largest absolute Gasteiger partial charge is 0.390 e. The van der Waals surface area contributed by atoms with Crippen molar-refractivity contribution >= 4 is 5.96 Å². The quantitative estimate of drug-likeness (QED) is 0.251. The van der Waals surface area contributed by atoms with Crippen molar-refractivity contribution in [2.24, 2.45) is 5.73 Å². The van der Waals surface area contributed by atoms with E-state index in [4.69, 9.17) is 11.1 Å². The fraction of sp³-hybridized carbons (Fsp3) is 0.857. The maximum absolute atomic E-state index is 9.55. The number of rotatable bonds is 0. The van der Waals surface area contributed by atoms with Crippen LogP contribution in [0.3, 0.4) is 0 Å². The Kier molecular flexibility index (Phi) is 2.15. The Morgan fingerprint density at radius 1 is 1.55 bits per heavy atom. The Balaban J connectivity index is 2.42. The normalized spacial score (nSPS) is 38.5. The molecule has 0 aromatic heterocycles. The minimum absolute atomic E-state index is 0.195. The molecule has 1 aliphatic heterocycles. The van der Waals surface area contributed by atoms with Gasteiger partial charge in [0.1, 0.15) is 0 Å². The molecule has 0 aromatic carbocycles. The predicted octanol–water partition coefficient (Wildman–Crippen LogP) is -1.69. The monoisotopic (exact) mass is 158 g/mol. The molecule has 0 aliphatic carbocycles. The van der Waals surface area contributed by atoms with Crippen LogP contribution >= 0.6 is 0 Å². The van der Waals surface area contributed by atoms with Crippen molar-refractivity contribution in [3.8, 4) is 0 Å². The van der Waals surface area contributed by atoms with Gasteiger partial charge in [0.2, 0.25) is 0 Å². The molecule has 64 valence electrons. The first-order valence-corrected chi connectivity index (χ1v) is 3.93. The summed E-state index contributed by atoms with van der Waals surface area (Å²) < 4.78 is 0. The van der Waals surface area contributed by atoms with E-state index in [0.29, 0.717) is 0 Å². The Bertz CT molecular complexity index is 157. The van der Waals surface area contributed by atoms with E-state index in [2.05, 4.69) is 0 Å². The zero-order chi connectivity index (χ0) is 8.48. The van der Waals surface area contributed by atoms with Gasteiger partial charge in [0.15, 0.2) is 0 Å². The van der Waals surface area contributed by atoms with E-state index >= 15 is 0 Å². The lowest BCUT2D eigenvalue weighted by Gasteiger charge is -2.31. The first-order chi connectivity index (χ1) is 5.01. The highest BCUT2D eigenvalue weighted by molar-refractivity contribution is 5.64. The van der Waals surface area contributed by atoms with Gasteiger partial charge >= 0.3 is 0 Å². The number of nitrogens with one attached hydrogen (secondary N) is 2. The second-order valence-corrected chi connectivity index (χ2v) is 3.51. The first kappa shape index (κ1) is 8.49. The van der Waals surface area contributed by atoms with Crippen LogP contribution in [-0.4, -0.2) is 29.8 Å². The van der Waals surface area contributed by atoms with Gasteiger partial charge in [-0.2, -0.15) is 0 Å². The summed E-state index contributed by atoms with van der Waals surface area (Å²) in [5.74, 6) is 0.195. The fourth-order valence-electron chi connectivity index (χ4n) is 1.36. The number of likely N-dealkylation sites (tertiary alicyclic amines) is 1. The highest BCUT2D eigenvalue weighted by Gasteiger charge is 2.31. The van der Waals surface area contributed by atoms with Gasteiger partial charge in [0.05, 0.1) is 18.7 Å². The summed E-state index contributed by atoms with van der Waals surface area (Å²) in [7, 11) is 0. The third-order valence-corrected chi connectivity index (χ3v) is 2.31. The Morgan fingerprint density at radius 3 is 2.36 bits per heavy atom. The minimum Gasteiger partial charge on any atom is -0.390 e. The van der Waals surface area contributed by atoms with Gasteiger partial charge < -0.3 is 10.8 Å². The average molecular weight is 158 g/mol. The number of quaternary nitrogens is 1. The SMILES string of the molecule is CC1(O)CC[NH+](C(=N)N)CC1. The molecule has 1 rings (SSSR count). The molecule has 0 bridgehead atoms. The highest BCUT2D eigenvalue weighted by atomic mass is 16.3. The number of hydrogen-bond donors (Lipinski definition) is 4. The van der Waals surface area contributed by atoms with Gasteiger partial charge in [0, 0.05) is 12.8 Å². The van der Waals surface area contributed by atoms with Crippen molar-refractivity contribution in [2.75, 3.05) is 13.1 Å². The maximum atomic E-state index is 9.55. The molecule has 0 atom stereocenters. The summed E-state index contributed by atoms with van der Waals surface area (Å²) in [6.07, 6.45) is 1.48. The third-order valence-electron chi connectivity index (χ3n) is 2.31. The lowest BCUT2D eigenvalue weighted by atomic mass is 9.94. The van der Waals surface area contributed by atoms with Crippen LogP contribution in [0.4, 0.5) is 0 Å².